The van der Waals surface area contributed by atoms with E-state index in [0.717, 1.165) is 11.1 Å². The maximum absolute atomic E-state index is 12.3. The number of halogens is 1. The van der Waals surface area contributed by atoms with E-state index in [1.165, 1.54) is 0 Å². The summed E-state index contributed by atoms with van der Waals surface area (Å²) in [6.07, 6.45) is 0.540. The first kappa shape index (κ1) is 17.8. The highest BCUT2D eigenvalue weighted by Gasteiger charge is 2.20. The first-order valence-electron chi connectivity index (χ1n) is 7.62. The van der Waals surface area contributed by atoms with Crippen molar-refractivity contribution in [3.05, 3.63) is 70.7 Å². The van der Waals surface area contributed by atoms with E-state index >= 15 is 0 Å². The molecule has 2 aromatic rings. The van der Waals surface area contributed by atoms with Crippen molar-refractivity contribution < 1.29 is 9.59 Å². The number of carbonyl (C=O) groups excluding carboxylic acids is 2. The molecule has 0 fully saturated rings. The molecule has 126 valence electrons. The first-order valence-corrected chi connectivity index (χ1v) is 8.00. The molecule has 5 nitrogen and oxygen atoms in total. The Morgan fingerprint density at radius 3 is 2.29 bits per heavy atom. The average Bonchev–Trinajstić information content (AvgIpc) is 2.56. The van der Waals surface area contributed by atoms with Gasteiger partial charge in [0.15, 0.2) is 0 Å². The van der Waals surface area contributed by atoms with Gasteiger partial charge in [0, 0.05) is 5.02 Å². The Morgan fingerprint density at radius 1 is 1.04 bits per heavy atom. The first-order chi connectivity index (χ1) is 11.5. The van der Waals surface area contributed by atoms with Crippen LogP contribution in [0.5, 0.6) is 0 Å². The van der Waals surface area contributed by atoms with Gasteiger partial charge in [0.25, 0.3) is 0 Å². The number of primary amides is 1. The van der Waals surface area contributed by atoms with Crippen molar-refractivity contribution in [1.29, 1.82) is 0 Å². The number of nitrogens with one attached hydrogen (secondary N) is 2. The summed E-state index contributed by atoms with van der Waals surface area (Å²) in [5, 5.41) is 5.97. The number of benzene rings is 2. The van der Waals surface area contributed by atoms with Crippen LogP contribution in [0.2, 0.25) is 5.02 Å². The highest BCUT2D eigenvalue weighted by molar-refractivity contribution is 6.31. The Hall–Kier alpha value is -2.53. The van der Waals surface area contributed by atoms with Crippen molar-refractivity contribution in [2.75, 3.05) is 0 Å². The van der Waals surface area contributed by atoms with Gasteiger partial charge in [-0.05, 0) is 30.5 Å². The second kappa shape index (κ2) is 8.36. The second-order valence-corrected chi connectivity index (χ2v) is 5.90. The van der Waals surface area contributed by atoms with Crippen LogP contribution in [0, 0.1) is 0 Å². The normalized spacial score (nSPS) is 12.9. The van der Waals surface area contributed by atoms with Gasteiger partial charge in [-0.1, -0.05) is 60.1 Å². The molecule has 0 saturated heterocycles. The molecule has 2 aromatic carbocycles. The lowest BCUT2D eigenvalue weighted by Gasteiger charge is -2.22. The van der Waals surface area contributed by atoms with Crippen LogP contribution >= 0.6 is 11.6 Å². The number of hydrogen-bond acceptors (Lipinski definition) is 2. The molecule has 0 aliphatic heterocycles. The number of nitrogens with two attached hydrogens (primary N) is 1. The fourth-order valence-corrected chi connectivity index (χ4v) is 2.61. The Labute approximate surface area is 146 Å². The van der Waals surface area contributed by atoms with Crippen molar-refractivity contribution in [2.45, 2.75) is 25.4 Å². The van der Waals surface area contributed by atoms with Crippen molar-refractivity contribution in [3.63, 3.8) is 0 Å². The predicted molar refractivity (Wildman–Crippen MR) is 94.7 cm³/mol. The van der Waals surface area contributed by atoms with E-state index in [9.17, 15) is 9.59 Å². The van der Waals surface area contributed by atoms with Gasteiger partial charge in [-0.25, -0.2) is 4.79 Å². The maximum Gasteiger partial charge on any atom is 0.312 e. The van der Waals surface area contributed by atoms with Gasteiger partial charge in [0.1, 0.15) is 6.04 Å². The molecule has 6 heteroatoms. The molecule has 0 bridgehead atoms. The minimum atomic E-state index is -0.736. The zero-order valence-electron chi connectivity index (χ0n) is 13.3. The summed E-state index contributed by atoms with van der Waals surface area (Å²) in [7, 11) is 0. The summed E-state index contributed by atoms with van der Waals surface area (Å²) < 4.78 is 0. The van der Waals surface area contributed by atoms with Crippen LogP contribution < -0.4 is 16.4 Å². The van der Waals surface area contributed by atoms with E-state index in [4.69, 9.17) is 17.3 Å². The Kier molecular flexibility index (Phi) is 6.21. The molecule has 4 N–H and O–H groups in total. The number of rotatable bonds is 6. The zero-order valence-corrected chi connectivity index (χ0v) is 14.1. The molecular formula is C18H20ClN3O2. The lowest BCUT2D eigenvalue weighted by atomic mass is 9.98. The molecule has 3 amide bonds. The van der Waals surface area contributed by atoms with Crippen LogP contribution in [0.15, 0.2) is 54.6 Å². The van der Waals surface area contributed by atoms with Crippen LogP contribution in [0.1, 0.15) is 24.1 Å². The summed E-state index contributed by atoms with van der Waals surface area (Å²) in [4.78, 5) is 23.2. The van der Waals surface area contributed by atoms with Crippen molar-refractivity contribution in [2.24, 2.45) is 5.73 Å². The van der Waals surface area contributed by atoms with Crippen molar-refractivity contribution >= 4 is 23.5 Å². The molecule has 24 heavy (non-hydrogen) atoms. The number of carbonyl (C=O) groups is 2. The molecule has 2 rings (SSSR count). The van der Waals surface area contributed by atoms with Gasteiger partial charge in [0.05, 0.1) is 6.04 Å². The summed E-state index contributed by atoms with van der Waals surface area (Å²) in [6, 6.07) is 15.4. The molecular weight excluding hydrogens is 326 g/mol. The molecule has 0 saturated carbocycles. The monoisotopic (exact) mass is 345 g/mol. The topological polar surface area (TPSA) is 84.2 Å². The Bertz CT molecular complexity index is 706. The van der Waals surface area contributed by atoms with E-state index < -0.39 is 12.1 Å². The second-order valence-electron chi connectivity index (χ2n) is 5.50. The molecule has 0 spiro atoms. The highest BCUT2D eigenvalue weighted by atomic mass is 35.5. The Morgan fingerprint density at radius 2 is 1.67 bits per heavy atom. The zero-order chi connectivity index (χ0) is 17.5. The van der Waals surface area contributed by atoms with Gasteiger partial charge < -0.3 is 16.4 Å². The molecule has 0 aromatic heterocycles. The van der Waals surface area contributed by atoms with Crippen LogP contribution in [-0.2, 0) is 11.2 Å². The molecule has 2 atom stereocenters. The number of urea groups is 1. The summed E-state index contributed by atoms with van der Waals surface area (Å²) >= 11 is 6.24. The lowest BCUT2D eigenvalue weighted by Crippen LogP contribution is -2.47. The van der Waals surface area contributed by atoms with Crippen molar-refractivity contribution in [1.82, 2.24) is 10.6 Å². The van der Waals surface area contributed by atoms with Gasteiger partial charge >= 0.3 is 6.03 Å². The number of hydrogen-bond donors (Lipinski definition) is 3. The van der Waals surface area contributed by atoms with E-state index in [0.29, 0.717) is 11.4 Å². The minimum absolute atomic E-state index is 0.268. The molecule has 0 aliphatic carbocycles. The fourth-order valence-electron chi connectivity index (χ4n) is 2.40. The van der Waals surface area contributed by atoms with Gasteiger partial charge in [0.2, 0.25) is 5.91 Å². The van der Waals surface area contributed by atoms with Crippen LogP contribution in [0.25, 0.3) is 0 Å². The largest absolute Gasteiger partial charge is 0.352 e. The van der Waals surface area contributed by atoms with E-state index in [2.05, 4.69) is 10.6 Å². The van der Waals surface area contributed by atoms with Crippen LogP contribution in [0.4, 0.5) is 4.79 Å². The van der Waals surface area contributed by atoms with E-state index in [1.54, 1.807) is 6.92 Å². The van der Waals surface area contributed by atoms with Crippen LogP contribution in [0.3, 0.4) is 0 Å². The van der Waals surface area contributed by atoms with E-state index in [1.807, 2.05) is 54.6 Å². The van der Waals surface area contributed by atoms with Crippen molar-refractivity contribution in [3.8, 4) is 0 Å². The fraction of sp³-hybridized carbons (Fsp3) is 0.222. The average molecular weight is 346 g/mol. The molecule has 0 radical (unpaired) electrons. The third kappa shape index (κ3) is 4.99. The van der Waals surface area contributed by atoms with E-state index in [-0.39, 0.29) is 11.9 Å². The Balaban J connectivity index is 2.19. The standard InChI is InChI=1S/C18H20ClN3O2/c1-12(21-18(20)24)17(23)22-16(13-7-3-2-4-8-13)11-14-9-5-6-10-15(14)19/h2-10,12,16H,11H2,1H3,(H,22,23)(H3,20,21,24)/t12-,16+/m0/s1. The maximum atomic E-state index is 12.3. The van der Waals surface area contributed by atoms with Gasteiger partial charge in [-0.2, -0.15) is 0 Å². The minimum Gasteiger partial charge on any atom is -0.352 e. The van der Waals surface area contributed by atoms with Gasteiger partial charge in [-0.3, -0.25) is 4.79 Å². The predicted octanol–water partition coefficient (Wildman–Crippen LogP) is 2.80. The smallest absolute Gasteiger partial charge is 0.312 e. The highest BCUT2D eigenvalue weighted by Crippen LogP contribution is 2.23. The lowest BCUT2D eigenvalue weighted by molar-refractivity contribution is -0.123. The third-order valence-corrected chi connectivity index (χ3v) is 4.02. The molecule has 0 heterocycles. The van der Waals surface area contributed by atoms with Gasteiger partial charge in [-0.15, -0.1) is 0 Å². The molecule has 0 unspecified atom stereocenters. The molecule has 0 aliphatic rings. The quantitative estimate of drug-likeness (QED) is 0.752. The SMILES string of the molecule is C[C@H](NC(N)=O)C(=O)N[C@H](Cc1ccccc1Cl)c1ccccc1. The number of amides is 3. The van der Waals surface area contributed by atoms with Crippen LogP contribution in [-0.4, -0.2) is 18.0 Å². The summed E-state index contributed by atoms with van der Waals surface area (Å²) in [6.45, 7) is 1.58. The summed E-state index contributed by atoms with van der Waals surface area (Å²) in [5.41, 5.74) is 6.96. The third-order valence-electron chi connectivity index (χ3n) is 3.65. The summed E-state index contributed by atoms with van der Waals surface area (Å²) in [5.74, 6) is -0.310.